The molecule has 0 unspecified atom stereocenters. The molecule has 12 N–H and O–H groups in total. The van der Waals surface area contributed by atoms with Gasteiger partial charge in [-0.05, 0) is 59.7 Å². The molecule has 3 aromatic heterocycles. The number of hydrogen-bond donors (Lipinski definition) is 12. The zero-order valence-corrected chi connectivity index (χ0v) is 37.5. The van der Waals surface area contributed by atoms with Gasteiger partial charge in [0.1, 0.15) is 71.8 Å². The molecule has 1 aromatic carbocycles. The Morgan fingerprint density at radius 1 is 0.409 bits per heavy atom. The van der Waals surface area contributed by atoms with Crippen LogP contribution in [0.2, 0.25) is 0 Å². The summed E-state index contributed by atoms with van der Waals surface area (Å²) in [5.41, 5.74) is -1.86. The molecule has 3 saturated heterocycles. The zero-order valence-electron chi connectivity index (χ0n) is 37.5. The number of aliphatic hydroxyl groups is 12. The second-order valence-electron chi connectivity index (χ2n) is 19.2. The van der Waals surface area contributed by atoms with Gasteiger partial charge in [-0.15, -0.1) is 15.3 Å². The molecule has 0 saturated carbocycles. The lowest BCUT2D eigenvalue weighted by molar-refractivity contribution is -0.151. The van der Waals surface area contributed by atoms with Gasteiger partial charge in [0, 0.05) is 34.4 Å². The Balaban J connectivity index is 1.34. The van der Waals surface area contributed by atoms with Crippen LogP contribution in [0.15, 0.2) is 36.8 Å². The summed E-state index contributed by atoms with van der Waals surface area (Å²) in [6.45, 7) is 6.38. The molecule has 24 heteroatoms. The van der Waals surface area contributed by atoms with Crippen LogP contribution >= 0.6 is 0 Å². The van der Waals surface area contributed by atoms with Crippen LogP contribution in [0, 0.1) is 17.8 Å². The van der Waals surface area contributed by atoms with Crippen molar-refractivity contribution >= 4 is 0 Å². The largest absolute Gasteiger partial charge is 0.396 e. The fourth-order valence-electron chi connectivity index (χ4n) is 9.95. The van der Waals surface area contributed by atoms with Crippen molar-refractivity contribution < 1.29 is 75.5 Å². The van der Waals surface area contributed by atoms with Gasteiger partial charge >= 0.3 is 0 Å². The Labute approximate surface area is 379 Å². The summed E-state index contributed by atoms with van der Waals surface area (Å²) in [5.74, 6) is -2.77. The second-order valence-corrected chi connectivity index (χ2v) is 19.2. The second kappa shape index (κ2) is 19.2. The van der Waals surface area contributed by atoms with Crippen molar-refractivity contribution in [3.8, 4) is 33.8 Å². The van der Waals surface area contributed by atoms with Crippen molar-refractivity contribution in [3.63, 3.8) is 0 Å². The molecule has 3 aliphatic rings. The fraction of sp³-hybridized carbons (Fsp3) is 0.714. The number of benzene rings is 1. The van der Waals surface area contributed by atoms with Crippen LogP contribution in [0.5, 0.6) is 0 Å². The van der Waals surface area contributed by atoms with Crippen molar-refractivity contribution in [3.05, 3.63) is 36.8 Å². The van der Waals surface area contributed by atoms with Gasteiger partial charge in [-0.1, -0.05) is 15.6 Å². The lowest BCUT2D eigenvalue weighted by Gasteiger charge is -2.35. The average molecular weight is 934 g/mol. The third-order valence-electron chi connectivity index (χ3n) is 13.9. The van der Waals surface area contributed by atoms with Crippen molar-refractivity contribution in [2.45, 2.75) is 131 Å². The number of nitrogens with zero attached hydrogens (tertiary/aromatic N) is 9. The average Bonchev–Trinajstić information content (AvgIpc) is 4.04. The maximum absolute atomic E-state index is 11.6. The maximum atomic E-state index is 11.6. The van der Waals surface area contributed by atoms with Gasteiger partial charge in [0.15, 0.2) is 0 Å². The standard InChI is InChI=1S/C42H63N9O15/c1-40(2)22(13-52)34(58)31(37(61)28(16-55)64-40)49-10-25(43-46-49)19-7-20(26-11-50(47-44-26)32-35(59)23(14-53)41(3,4)65-29(17-56)38(32)62)9-21(8-19)27-12-51(48-45-27)33-36(60)24(15-54)42(5,6)66-30(18-57)39(33)63/h7-12,22-24,28-39,52-63H,13-18H2,1-6H3/t22-,23-,24-,28-,29-,30-,31+,32+,33+,34-,35-,36-,37+,38+,39+/m0/s1. The summed E-state index contributed by atoms with van der Waals surface area (Å²) >= 11 is 0. The van der Waals surface area contributed by atoms with Gasteiger partial charge in [0.2, 0.25) is 0 Å². The van der Waals surface area contributed by atoms with Crippen LogP contribution in [-0.4, -0.2) is 218 Å². The SMILES string of the molecule is CC1(C)O[C@@H](CO)[C@@H](O)[C@H](n2cc(-c3cc(-c4cn([C@@H]5[C@@H](O)[C@H](CO)C(C)(C)O[C@@H](CO)[C@H]5O)nn4)cc(-c4cn([C@@H]5[C@@H](O)[C@H](CO)C(C)(C)O[C@@H](CO)[C@H]5O)nn4)c3)nn2)[C@@H](O)[C@@H]1CO. The van der Waals surface area contributed by atoms with E-state index in [4.69, 9.17) is 14.2 Å². The molecule has 366 valence electrons. The van der Waals surface area contributed by atoms with Crippen LogP contribution < -0.4 is 0 Å². The monoisotopic (exact) mass is 933 g/mol. The molecule has 24 nitrogen and oxygen atoms in total. The van der Waals surface area contributed by atoms with Crippen LogP contribution in [0.1, 0.15) is 59.7 Å². The Morgan fingerprint density at radius 3 is 0.864 bits per heavy atom. The van der Waals surface area contributed by atoms with E-state index < -0.39 is 147 Å². The first kappa shape index (κ1) is 49.9. The van der Waals surface area contributed by atoms with Gasteiger partial charge in [-0.3, -0.25) is 0 Å². The molecule has 7 rings (SSSR count). The molecule has 3 fully saturated rings. The molecule has 66 heavy (non-hydrogen) atoms. The topological polar surface area (TPSA) is 363 Å². The molecule has 0 spiro atoms. The van der Waals surface area contributed by atoms with Crippen molar-refractivity contribution in [1.82, 2.24) is 45.0 Å². The van der Waals surface area contributed by atoms with E-state index in [1.54, 1.807) is 59.7 Å². The molecular weight excluding hydrogens is 871 g/mol. The van der Waals surface area contributed by atoms with E-state index in [1.807, 2.05) is 0 Å². The van der Waals surface area contributed by atoms with Gasteiger partial charge in [-0.2, -0.15) is 0 Å². The highest BCUT2D eigenvalue weighted by atomic mass is 16.5. The predicted octanol–water partition coefficient (Wildman–Crippen LogP) is -3.41. The Kier molecular flexibility index (Phi) is 14.5. The summed E-state index contributed by atoms with van der Waals surface area (Å²) < 4.78 is 21.6. The van der Waals surface area contributed by atoms with Crippen LogP contribution in [0.25, 0.3) is 33.8 Å². The van der Waals surface area contributed by atoms with Crippen molar-refractivity contribution in [1.29, 1.82) is 0 Å². The maximum Gasteiger partial charge on any atom is 0.113 e. The molecule has 3 aliphatic heterocycles. The highest BCUT2D eigenvalue weighted by molar-refractivity contribution is 5.77. The Morgan fingerprint density at radius 2 is 0.652 bits per heavy atom. The van der Waals surface area contributed by atoms with E-state index >= 15 is 0 Å². The Bertz CT molecular complexity index is 2000. The molecule has 6 heterocycles. The van der Waals surface area contributed by atoms with E-state index in [9.17, 15) is 61.3 Å². The van der Waals surface area contributed by atoms with Crippen molar-refractivity contribution in [2.24, 2.45) is 17.8 Å². The van der Waals surface area contributed by atoms with Crippen LogP contribution in [0.4, 0.5) is 0 Å². The summed E-state index contributed by atoms with van der Waals surface area (Å²) in [7, 11) is 0. The summed E-state index contributed by atoms with van der Waals surface area (Å²) in [6, 6.07) is 1.22. The summed E-state index contributed by atoms with van der Waals surface area (Å²) in [6.07, 6.45) is -7.98. The molecule has 0 bridgehead atoms. The van der Waals surface area contributed by atoms with E-state index in [0.29, 0.717) is 16.7 Å². The molecule has 0 aliphatic carbocycles. The van der Waals surface area contributed by atoms with Crippen LogP contribution in [-0.2, 0) is 14.2 Å². The lowest BCUT2D eigenvalue weighted by atomic mass is 9.83. The number of aromatic nitrogens is 9. The van der Waals surface area contributed by atoms with E-state index in [-0.39, 0.29) is 17.1 Å². The number of ether oxygens (including phenoxy) is 3. The third-order valence-corrected chi connectivity index (χ3v) is 13.9. The van der Waals surface area contributed by atoms with E-state index in [2.05, 4.69) is 30.9 Å². The predicted molar refractivity (Wildman–Crippen MR) is 226 cm³/mol. The van der Waals surface area contributed by atoms with Gasteiger partial charge < -0.3 is 75.5 Å². The lowest BCUT2D eigenvalue weighted by Crippen LogP contribution is -2.45. The first-order valence-electron chi connectivity index (χ1n) is 21.8. The molecule has 4 aromatic rings. The van der Waals surface area contributed by atoms with Gasteiger partial charge in [0.25, 0.3) is 0 Å². The normalized spacial score (nSPS) is 35.8. The highest BCUT2D eigenvalue weighted by Gasteiger charge is 2.53. The molecule has 0 amide bonds. The molecule has 0 radical (unpaired) electrons. The van der Waals surface area contributed by atoms with Gasteiger partial charge in [0.05, 0.1) is 93.3 Å². The minimum absolute atomic E-state index is 0.193. The molecule has 15 atom stereocenters. The minimum Gasteiger partial charge on any atom is -0.396 e. The number of aliphatic hydroxyl groups excluding tert-OH is 12. The quantitative estimate of drug-likeness (QED) is 0.0658. The van der Waals surface area contributed by atoms with Crippen LogP contribution in [0.3, 0.4) is 0 Å². The molecular formula is C42H63N9O15. The minimum atomic E-state index is -1.51. The third kappa shape index (κ3) is 9.05. The Hall–Kier alpha value is -3.96. The van der Waals surface area contributed by atoms with E-state index in [1.165, 1.54) is 32.6 Å². The van der Waals surface area contributed by atoms with Gasteiger partial charge in [-0.25, -0.2) is 14.0 Å². The smallest absolute Gasteiger partial charge is 0.113 e. The van der Waals surface area contributed by atoms with Crippen molar-refractivity contribution in [2.75, 3.05) is 39.6 Å². The summed E-state index contributed by atoms with van der Waals surface area (Å²) in [5, 5.41) is 157. The fourth-order valence-corrected chi connectivity index (χ4v) is 9.95. The number of rotatable bonds is 12. The summed E-state index contributed by atoms with van der Waals surface area (Å²) in [4.78, 5) is 0. The first-order chi connectivity index (χ1) is 31.2. The van der Waals surface area contributed by atoms with E-state index in [0.717, 1.165) is 0 Å². The highest BCUT2D eigenvalue weighted by Crippen LogP contribution is 2.42. The zero-order chi connectivity index (χ0) is 48.2. The number of hydrogen-bond acceptors (Lipinski definition) is 21. The first-order valence-corrected chi connectivity index (χ1v) is 21.8.